The lowest BCUT2D eigenvalue weighted by Crippen LogP contribution is -2.41. The molecule has 0 aromatic heterocycles. The van der Waals surface area contributed by atoms with E-state index in [9.17, 15) is 9.59 Å². The van der Waals surface area contributed by atoms with Gasteiger partial charge in [-0.1, -0.05) is 42.8 Å². The summed E-state index contributed by atoms with van der Waals surface area (Å²) in [5.74, 6) is 0.344. The molecule has 2 aliphatic heterocycles. The van der Waals surface area contributed by atoms with Gasteiger partial charge in [0, 0.05) is 24.8 Å². The van der Waals surface area contributed by atoms with Gasteiger partial charge < -0.3 is 15.0 Å². The average Bonchev–Trinajstić information content (AvgIpc) is 2.89. The first-order chi connectivity index (χ1) is 17.0. The van der Waals surface area contributed by atoms with E-state index >= 15 is 0 Å². The first kappa shape index (κ1) is 23.1. The van der Waals surface area contributed by atoms with E-state index in [-0.39, 0.29) is 11.8 Å². The lowest BCUT2D eigenvalue weighted by molar-refractivity contribution is -0.125. The van der Waals surface area contributed by atoms with E-state index in [4.69, 9.17) is 4.74 Å². The van der Waals surface area contributed by atoms with Crippen molar-refractivity contribution < 1.29 is 14.3 Å². The Bertz CT molecular complexity index is 1240. The van der Waals surface area contributed by atoms with Crippen molar-refractivity contribution in [1.29, 1.82) is 0 Å². The molecule has 1 atom stereocenters. The Morgan fingerprint density at radius 2 is 1.77 bits per heavy atom. The number of hydrogen-bond donors (Lipinski definition) is 1. The van der Waals surface area contributed by atoms with Crippen LogP contribution < -0.4 is 15.0 Å². The fourth-order valence-corrected chi connectivity index (χ4v) is 4.92. The van der Waals surface area contributed by atoms with Crippen molar-refractivity contribution in [3.05, 3.63) is 77.9 Å². The number of nitrogens with zero attached hydrogens (tertiary/aromatic N) is 2. The lowest BCUT2D eigenvalue weighted by atomic mass is 9.96. The normalized spacial score (nSPS) is 18.1. The van der Waals surface area contributed by atoms with Crippen LogP contribution in [0.25, 0.3) is 11.1 Å². The zero-order valence-corrected chi connectivity index (χ0v) is 20.3. The Kier molecular flexibility index (Phi) is 6.55. The fourth-order valence-electron chi connectivity index (χ4n) is 4.92. The van der Waals surface area contributed by atoms with Gasteiger partial charge in [0.2, 0.25) is 0 Å². The van der Waals surface area contributed by atoms with Crippen LogP contribution in [0, 0.1) is 0 Å². The second kappa shape index (κ2) is 9.92. The maximum Gasteiger partial charge on any atom is 0.267 e. The fraction of sp³-hybridized carbons (Fsp3) is 0.310. The van der Waals surface area contributed by atoms with Gasteiger partial charge in [0.05, 0.1) is 5.69 Å². The highest BCUT2D eigenvalue weighted by Gasteiger charge is 2.29. The number of amides is 2. The predicted octanol–water partition coefficient (Wildman–Crippen LogP) is 5.34. The van der Waals surface area contributed by atoms with Crippen LogP contribution in [-0.4, -0.2) is 43.0 Å². The molecule has 0 bridgehead atoms. The Morgan fingerprint density at radius 1 is 1.00 bits per heavy atom. The first-order valence-electron chi connectivity index (χ1n) is 12.3. The smallest absolute Gasteiger partial charge is 0.267 e. The number of carbonyl (C=O) groups excluding carboxylic acids is 2. The molecule has 1 fully saturated rings. The van der Waals surface area contributed by atoms with Gasteiger partial charge in [0.15, 0.2) is 6.10 Å². The molecule has 0 aliphatic carbocycles. The molecule has 1 unspecified atom stereocenters. The Morgan fingerprint density at radius 3 is 2.54 bits per heavy atom. The van der Waals surface area contributed by atoms with Crippen LogP contribution in [0.1, 0.15) is 42.1 Å². The number of rotatable bonds is 5. The highest BCUT2D eigenvalue weighted by Crippen LogP contribution is 2.35. The summed E-state index contributed by atoms with van der Waals surface area (Å²) in [6.45, 7) is 4.74. The number of nitrogens with one attached hydrogen (secondary N) is 1. The molecule has 1 saturated heterocycles. The second-order valence-electron chi connectivity index (χ2n) is 9.37. The molecule has 0 radical (unpaired) electrons. The maximum atomic E-state index is 13.2. The molecule has 2 aliphatic rings. The van der Waals surface area contributed by atoms with Crippen LogP contribution >= 0.6 is 0 Å². The van der Waals surface area contributed by atoms with Crippen molar-refractivity contribution in [3.8, 4) is 16.9 Å². The van der Waals surface area contributed by atoms with E-state index in [0.717, 1.165) is 36.3 Å². The molecule has 2 amide bonds. The second-order valence-corrected chi connectivity index (χ2v) is 9.37. The molecule has 3 aromatic rings. The largest absolute Gasteiger partial charge is 0.479 e. The monoisotopic (exact) mass is 469 g/mol. The topological polar surface area (TPSA) is 61.9 Å². The minimum atomic E-state index is -0.519. The minimum Gasteiger partial charge on any atom is -0.479 e. The van der Waals surface area contributed by atoms with Gasteiger partial charge in [-0.05, 0) is 79.9 Å². The molecule has 6 nitrogen and oxygen atoms in total. The van der Waals surface area contributed by atoms with Gasteiger partial charge in [0.1, 0.15) is 5.75 Å². The number of piperidine rings is 1. The number of benzene rings is 3. The maximum absolute atomic E-state index is 13.2. The minimum absolute atomic E-state index is 0.111. The molecule has 1 N–H and O–H groups in total. The summed E-state index contributed by atoms with van der Waals surface area (Å²) in [7, 11) is 1.72. The van der Waals surface area contributed by atoms with E-state index in [1.165, 1.54) is 19.3 Å². The summed E-state index contributed by atoms with van der Waals surface area (Å²) in [6, 6.07) is 21.7. The van der Waals surface area contributed by atoms with Crippen LogP contribution in [0.2, 0.25) is 0 Å². The van der Waals surface area contributed by atoms with E-state index in [0.29, 0.717) is 22.7 Å². The van der Waals surface area contributed by atoms with Crippen LogP contribution in [0.4, 0.5) is 11.4 Å². The third-order valence-electron chi connectivity index (χ3n) is 6.86. The van der Waals surface area contributed by atoms with E-state index < -0.39 is 6.10 Å². The van der Waals surface area contributed by atoms with Gasteiger partial charge >= 0.3 is 0 Å². The van der Waals surface area contributed by atoms with Crippen molar-refractivity contribution in [2.24, 2.45) is 0 Å². The summed E-state index contributed by atoms with van der Waals surface area (Å²) < 4.78 is 5.69. The molecule has 0 saturated carbocycles. The standard InChI is InChI=1S/C29H31N3O3/c1-20-29(34)31(2)26-18-24(12-14-27(26)35-20)30-28(33)22-11-13-25(21-9-5-3-6-10-21)23(17-22)19-32-15-7-4-8-16-32/h3,5-6,9-14,17-18,20H,4,7-8,15-16,19H2,1-2H3,(H,30,33). The van der Waals surface area contributed by atoms with Crippen molar-refractivity contribution in [2.75, 3.05) is 30.4 Å². The Hall–Kier alpha value is -3.64. The highest BCUT2D eigenvalue weighted by molar-refractivity contribution is 6.06. The van der Waals surface area contributed by atoms with Crippen molar-refractivity contribution >= 4 is 23.2 Å². The molecule has 3 aromatic carbocycles. The van der Waals surface area contributed by atoms with E-state index in [1.54, 1.807) is 37.1 Å². The van der Waals surface area contributed by atoms with Gasteiger partial charge in [-0.2, -0.15) is 0 Å². The van der Waals surface area contributed by atoms with Crippen LogP contribution in [0.3, 0.4) is 0 Å². The van der Waals surface area contributed by atoms with Crippen LogP contribution in [0.5, 0.6) is 5.75 Å². The summed E-state index contributed by atoms with van der Waals surface area (Å²) in [6.07, 6.45) is 3.21. The molecule has 180 valence electrons. The molecule has 5 rings (SSSR count). The van der Waals surface area contributed by atoms with Gasteiger partial charge in [-0.15, -0.1) is 0 Å². The number of ether oxygens (including phenoxy) is 1. The highest BCUT2D eigenvalue weighted by atomic mass is 16.5. The molecule has 35 heavy (non-hydrogen) atoms. The molecule has 6 heteroatoms. The van der Waals surface area contributed by atoms with Gasteiger partial charge in [-0.25, -0.2) is 0 Å². The number of likely N-dealkylation sites (tertiary alicyclic amines) is 1. The number of fused-ring (bicyclic) bond motifs is 1. The SMILES string of the molecule is CC1Oc2ccc(NC(=O)c3ccc(-c4ccccc4)c(CN4CCCCC4)c3)cc2N(C)C1=O. The number of hydrogen-bond acceptors (Lipinski definition) is 4. The van der Waals surface area contributed by atoms with Crippen LogP contribution in [0.15, 0.2) is 66.7 Å². The molecular weight excluding hydrogens is 438 g/mol. The Balaban J connectivity index is 1.41. The zero-order valence-electron chi connectivity index (χ0n) is 20.3. The molecule has 2 heterocycles. The van der Waals surface area contributed by atoms with E-state index in [2.05, 4.69) is 28.4 Å². The van der Waals surface area contributed by atoms with Crippen molar-refractivity contribution in [2.45, 2.75) is 38.8 Å². The quantitative estimate of drug-likeness (QED) is 0.548. The van der Waals surface area contributed by atoms with Crippen molar-refractivity contribution in [3.63, 3.8) is 0 Å². The van der Waals surface area contributed by atoms with Crippen molar-refractivity contribution in [1.82, 2.24) is 4.90 Å². The third kappa shape index (κ3) is 4.93. The number of likely N-dealkylation sites (N-methyl/N-ethyl adjacent to an activating group) is 1. The summed E-state index contributed by atoms with van der Waals surface area (Å²) in [5.41, 5.74) is 5.36. The average molecular weight is 470 g/mol. The van der Waals surface area contributed by atoms with E-state index in [1.807, 2.05) is 30.3 Å². The van der Waals surface area contributed by atoms with Gasteiger partial charge in [-0.3, -0.25) is 14.5 Å². The molecule has 0 spiro atoms. The predicted molar refractivity (Wildman–Crippen MR) is 139 cm³/mol. The van der Waals surface area contributed by atoms with Gasteiger partial charge in [0.25, 0.3) is 11.8 Å². The number of anilines is 2. The Labute approximate surface area is 206 Å². The zero-order chi connectivity index (χ0) is 24.4. The molecular formula is C29H31N3O3. The summed E-state index contributed by atoms with van der Waals surface area (Å²) >= 11 is 0. The summed E-state index contributed by atoms with van der Waals surface area (Å²) in [4.78, 5) is 29.6. The number of carbonyl (C=O) groups is 2. The summed E-state index contributed by atoms with van der Waals surface area (Å²) in [5, 5.41) is 3.00. The third-order valence-corrected chi connectivity index (χ3v) is 6.86. The first-order valence-corrected chi connectivity index (χ1v) is 12.3. The van der Waals surface area contributed by atoms with Crippen LogP contribution in [-0.2, 0) is 11.3 Å². The lowest BCUT2D eigenvalue weighted by Gasteiger charge is -2.30.